The summed E-state index contributed by atoms with van der Waals surface area (Å²) < 4.78 is 35.2. The average Bonchev–Trinajstić information content (AvgIpc) is 3.61. The van der Waals surface area contributed by atoms with Gasteiger partial charge in [0.15, 0.2) is 5.13 Å². The topological polar surface area (TPSA) is 79.8 Å². The number of sulfonamides is 1. The van der Waals surface area contributed by atoms with Crippen LogP contribution in [-0.2, 0) is 19.6 Å². The van der Waals surface area contributed by atoms with Gasteiger partial charge in [0, 0.05) is 24.7 Å². The molecule has 188 valence electrons. The summed E-state index contributed by atoms with van der Waals surface area (Å²) in [5.41, 5.74) is 1.66. The number of thiophene rings is 1. The summed E-state index contributed by atoms with van der Waals surface area (Å²) in [4.78, 5) is 20.4. The number of amides is 1. The zero-order chi connectivity index (χ0) is 24.7. The lowest BCUT2D eigenvalue weighted by Crippen LogP contribution is -2.48. The number of nitrogens with zero attached hydrogens (tertiary/aromatic N) is 3. The molecule has 0 aliphatic carbocycles. The van der Waals surface area contributed by atoms with E-state index in [2.05, 4.69) is 0 Å². The first-order chi connectivity index (χ1) is 16.7. The minimum Gasteiger partial charge on any atom is -0.376 e. The lowest BCUT2D eigenvalue weighted by molar-refractivity contribution is -0.123. The Balaban J connectivity index is 1.43. The summed E-state index contributed by atoms with van der Waals surface area (Å²) >= 11 is 14.8. The number of aryl methyl sites for hydroxylation is 1. The van der Waals surface area contributed by atoms with Crippen LogP contribution < -0.4 is 4.90 Å². The van der Waals surface area contributed by atoms with Gasteiger partial charge in [-0.3, -0.25) is 9.69 Å². The van der Waals surface area contributed by atoms with E-state index in [1.54, 1.807) is 11.0 Å². The standard InChI is InChI=1S/C23H25Cl2N3O4S3/c1-14-17(24)6-7-18-21(14)26-23(33-18)28(13-16-5-3-11-32-16)22(29)15-4-2-10-27(12-15)35(30,31)20-9-8-19(25)34-20/h6-9,15-16H,2-5,10-13H2,1H3. The summed E-state index contributed by atoms with van der Waals surface area (Å²) in [7, 11) is -3.71. The quantitative estimate of drug-likeness (QED) is 0.384. The molecule has 2 fully saturated rings. The molecule has 2 aromatic heterocycles. The number of aromatic nitrogens is 1. The van der Waals surface area contributed by atoms with Crippen molar-refractivity contribution in [3.8, 4) is 0 Å². The second-order valence-electron chi connectivity index (χ2n) is 8.86. The molecule has 2 aliphatic heterocycles. The third kappa shape index (κ3) is 5.12. The Kier molecular flexibility index (Phi) is 7.43. The number of halogens is 2. The van der Waals surface area contributed by atoms with E-state index in [-0.39, 0.29) is 22.8 Å². The molecule has 2 saturated heterocycles. The Morgan fingerprint density at radius 3 is 2.74 bits per heavy atom. The largest absolute Gasteiger partial charge is 0.376 e. The predicted octanol–water partition coefficient (Wildman–Crippen LogP) is 5.59. The maximum Gasteiger partial charge on any atom is 0.252 e. The summed E-state index contributed by atoms with van der Waals surface area (Å²) in [6.07, 6.45) is 3.00. The molecule has 0 N–H and O–H groups in total. The molecule has 2 atom stereocenters. The van der Waals surface area contributed by atoms with Gasteiger partial charge in [-0.2, -0.15) is 4.31 Å². The molecule has 0 radical (unpaired) electrons. The third-order valence-corrected chi connectivity index (χ3v) is 11.5. The normalized spacial score (nSPS) is 21.6. The molecule has 7 nitrogen and oxygen atoms in total. The van der Waals surface area contributed by atoms with Crippen LogP contribution in [0.5, 0.6) is 0 Å². The third-order valence-electron chi connectivity index (χ3n) is 6.52. The highest BCUT2D eigenvalue weighted by Crippen LogP contribution is 2.36. The van der Waals surface area contributed by atoms with Crippen molar-refractivity contribution in [3.05, 3.63) is 39.2 Å². The minimum atomic E-state index is -3.71. The Hall–Kier alpha value is -1.27. The first kappa shape index (κ1) is 25.4. The fourth-order valence-corrected chi connectivity index (χ4v) is 8.96. The summed E-state index contributed by atoms with van der Waals surface area (Å²) in [5.74, 6) is -0.584. The molecule has 2 aliphatic rings. The Morgan fingerprint density at radius 2 is 2.03 bits per heavy atom. The summed E-state index contributed by atoms with van der Waals surface area (Å²) in [6, 6.07) is 6.86. The number of hydrogen-bond acceptors (Lipinski definition) is 7. The summed E-state index contributed by atoms with van der Waals surface area (Å²) in [6.45, 7) is 3.51. The highest BCUT2D eigenvalue weighted by atomic mass is 35.5. The number of piperidine rings is 1. The molecule has 2 unspecified atom stereocenters. The second kappa shape index (κ2) is 10.2. The van der Waals surface area contributed by atoms with Crippen LogP contribution in [0.3, 0.4) is 0 Å². The van der Waals surface area contributed by atoms with E-state index >= 15 is 0 Å². The van der Waals surface area contributed by atoms with Crippen LogP contribution in [0.1, 0.15) is 31.2 Å². The molecule has 12 heteroatoms. The zero-order valence-corrected chi connectivity index (χ0v) is 23.0. The van der Waals surface area contributed by atoms with Crippen molar-refractivity contribution in [2.45, 2.75) is 42.9 Å². The van der Waals surface area contributed by atoms with Crippen LogP contribution in [-0.4, -0.2) is 56.0 Å². The molecular formula is C23H25Cl2N3O4S3. The molecule has 1 amide bonds. The van der Waals surface area contributed by atoms with Crippen molar-refractivity contribution in [3.63, 3.8) is 0 Å². The van der Waals surface area contributed by atoms with Gasteiger partial charge < -0.3 is 4.74 Å². The number of anilines is 1. The second-order valence-corrected chi connectivity index (χ2v) is 14.2. The molecular weight excluding hydrogens is 549 g/mol. The van der Waals surface area contributed by atoms with E-state index in [0.29, 0.717) is 47.0 Å². The van der Waals surface area contributed by atoms with Crippen LogP contribution in [0.15, 0.2) is 28.5 Å². The number of rotatable bonds is 6. The zero-order valence-electron chi connectivity index (χ0n) is 19.1. The van der Waals surface area contributed by atoms with Crippen molar-refractivity contribution in [1.82, 2.24) is 9.29 Å². The van der Waals surface area contributed by atoms with Gasteiger partial charge in [0.25, 0.3) is 10.0 Å². The van der Waals surface area contributed by atoms with E-state index in [9.17, 15) is 13.2 Å². The Bertz CT molecular complexity index is 1350. The van der Waals surface area contributed by atoms with Crippen LogP contribution in [0.4, 0.5) is 5.13 Å². The van der Waals surface area contributed by atoms with Gasteiger partial charge in [-0.05, 0) is 62.4 Å². The van der Waals surface area contributed by atoms with E-state index in [1.165, 1.54) is 21.7 Å². The number of hydrogen-bond donors (Lipinski definition) is 0. The van der Waals surface area contributed by atoms with Gasteiger partial charge in [-0.15, -0.1) is 11.3 Å². The van der Waals surface area contributed by atoms with E-state index in [4.69, 9.17) is 32.9 Å². The molecule has 1 aromatic carbocycles. The lowest BCUT2D eigenvalue weighted by atomic mass is 9.98. The Morgan fingerprint density at radius 1 is 1.20 bits per heavy atom. The van der Waals surface area contributed by atoms with Crippen LogP contribution in [0.25, 0.3) is 10.2 Å². The minimum absolute atomic E-state index is 0.0627. The molecule has 0 bridgehead atoms. The van der Waals surface area contributed by atoms with E-state index in [1.807, 2.05) is 19.1 Å². The van der Waals surface area contributed by atoms with Crippen molar-refractivity contribution in [2.75, 3.05) is 31.1 Å². The van der Waals surface area contributed by atoms with Crippen LogP contribution in [0.2, 0.25) is 9.36 Å². The lowest BCUT2D eigenvalue weighted by Gasteiger charge is -2.34. The van der Waals surface area contributed by atoms with Gasteiger partial charge in [0.1, 0.15) is 4.21 Å². The maximum atomic E-state index is 13.9. The monoisotopic (exact) mass is 573 g/mol. The first-order valence-corrected chi connectivity index (χ1v) is 15.3. The van der Waals surface area contributed by atoms with Gasteiger partial charge in [-0.25, -0.2) is 13.4 Å². The molecule has 5 rings (SSSR count). The molecule has 3 aromatic rings. The fourth-order valence-electron chi connectivity index (χ4n) is 4.60. The summed E-state index contributed by atoms with van der Waals surface area (Å²) in [5, 5.41) is 1.23. The highest BCUT2D eigenvalue weighted by molar-refractivity contribution is 7.91. The molecule has 4 heterocycles. The first-order valence-electron chi connectivity index (χ1n) is 11.5. The maximum absolute atomic E-state index is 13.9. The number of thiazole rings is 1. The predicted molar refractivity (Wildman–Crippen MR) is 142 cm³/mol. The van der Waals surface area contributed by atoms with E-state index < -0.39 is 15.9 Å². The number of carbonyl (C=O) groups excluding carboxylic acids is 1. The Labute approximate surface area is 222 Å². The van der Waals surface area contributed by atoms with Gasteiger partial charge in [0.05, 0.1) is 33.1 Å². The number of carbonyl (C=O) groups is 1. The number of ether oxygens (including phenoxy) is 1. The molecule has 35 heavy (non-hydrogen) atoms. The van der Waals surface area contributed by atoms with Crippen molar-refractivity contribution >= 4 is 77.2 Å². The van der Waals surface area contributed by atoms with Gasteiger partial charge in [-0.1, -0.05) is 34.5 Å². The van der Waals surface area contributed by atoms with E-state index in [0.717, 1.165) is 40.0 Å². The van der Waals surface area contributed by atoms with Gasteiger partial charge in [0.2, 0.25) is 5.91 Å². The smallest absolute Gasteiger partial charge is 0.252 e. The SMILES string of the molecule is Cc1c(Cl)ccc2sc(N(CC3CCCO3)C(=O)C3CCCN(S(=O)(=O)c4ccc(Cl)s4)C3)nc12. The van der Waals surface area contributed by atoms with Crippen molar-refractivity contribution in [1.29, 1.82) is 0 Å². The van der Waals surface area contributed by atoms with Crippen LogP contribution >= 0.6 is 45.9 Å². The van der Waals surface area contributed by atoms with Gasteiger partial charge >= 0.3 is 0 Å². The molecule has 0 saturated carbocycles. The number of benzene rings is 1. The van der Waals surface area contributed by atoms with Crippen LogP contribution in [0, 0.1) is 12.8 Å². The average molecular weight is 575 g/mol. The fraction of sp³-hybridized carbons (Fsp3) is 0.478. The van der Waals surface area contributed by atoms with Crippen molar-refractivity contribution < 1.29 is 17.9 Å². The van der Waals surface area contributed by atoms with Crippen molar-refractivity contribution in [2.24, 2.45) is 5.92 Å². The highest BCUT2D eigenvalue weighted by Gasteiger charge is 2.37. The number of fused-ring (bicyclic) bond motifs is 1. The molecule has 0 spiro atoms.